The van der Waals surface area contributed by atoms with Crippen molar-refractivity contribution < 1.29 is 14.3 Å². The van der Waals surface area contributed by atoms with E-state index in [9.17, 15) is 9.59 Å². The molecule has 0 unspecified atom stereocenters. The van der Waals surface area contributed by atoms with E-state index >= 15 is 0 Å². The van der Waals surface area contributed by atoms with E-state index in [-0.39, 0.29) is 23.8 Å². The maximum Gasteiger partial charge on any atom is 0.254 e. The number of fused-ring (bicyclic) bond motifs is 1. The quantitative estimate of drug-likeness (QED) is 0.747. The molecule has 1 aromatic heterocycles. The number of benzene rings is 1. The van der Waals surface area contributed by atoms with E-state index in [0.717, 1.165) is 25.3 Å². The molecular weight excluding hydrogens is 430 g/mol. The largest absolute Gasteiger partial charge is 0.378 e. The molecule has 8 heteroatoms. The first-order chi connectivity index (χ1) is 16.5. The molecule has 3 atom stereocenters. The number of amides is 2. The summed E-state index contributed by atoms with van der Waals surface area (Å²) in [6, 6.07) is 14.4. The van der Waals surface area contributed by atoms with Crippen molar-refractivity contribution in [3.63, 3.8) is 0 Å². The van der Waals surface area contributed by atoms with Crippen LogP contribution in [0, 0.1) is 5.92 Å². The summed E-state index contributed by atoms with van der Waals surface area (Å²) >= 11 is 0. The van der Waals surface area contributed by atoms with Crippen LogP contribution in [0.3, 0.4) is 0 Å². The van der Waals surface area contributed by atoms with Crippen LogP contribution in [0.1, 0.15) is 35.3 Å². The molecule has 1 aromatic carbocycles. The second-order valence-corrected chi connectivity index (χ2v) is 9.73. The van der Waals surface area contributed by atoms with Crippen molar-refractivity contribution >= 4 is 17.6 Å². The van der Waals surface area contributed by atoms with Gasteiger partial charge < -0.3 is 19.9 Å². The summed E-state index contributed by atoms with van der Waals surface area (Å²) in [7, 11) is 2.11. The Labute approximate surface area is 200 Å². The summed E-state index contributed by atoms with van der Waals surface area (Å²) in [6.07, 6.45) is 2.54. The molecule has 180 valence electrons. The van der Waals surface area contributed by atoms with Crippen molar-refractivity contribution in [1.82, 2.24) is 20.1 Å². The summed E-state index contributed by atoms with van der Waals surface area (Å²) < 4.78 is 5.44. The molecule has 3 saturated heterocycles. The van der Waals surface area contributed by atoms with Gasteiger partial charge in [0.05, 0.1) is 18.8 Å². The average Bonchev–Trinajstić information content (AvgIpc) is 3.14. The van der Waals surface area contributed by atoms with Crippen molar-refractivity contribution in [2.45, 2.75) is 24.9 Å². The molecule has 4 heterocycles. The number of nitrogens with zero attached hydrogens (tertiary/aromatic N) is 4. The Morgan fingerprint density at radius 3 is 2.59 bits per heavy atom. The second-order valence-electron chi connectivity index (χ2n) is 9.73. The molecule has 1 N–H and O–H groups in total. The molecule has 34 heavy (non-hydrogen) atoms. The standard InChI is InChI=1S/C26H33N5O3/c1-19(32)28-26-17-29(2)24(20-6-4-3-5-7-20)22(26)9-11-31(18-26)25(33)21-8-10-27-23(16-21)30-12-14-34-15-13-30/h3-8,10,16,22,24H,9,11-15,17-18H2,1-2H3,(H,28,32)/t22-,24-,26+/m1/s1. The van der Waals surface area contributed by atoms with Gasteiger partial charge in [-0.2, -0.15) is 0 Å². The van der Waals surface area contributed by atoms with Crippen LogP contribution in [-0.4, -0.2) is 85.1 Å². The number of pyridine rings is 1. The van der Waals surface area contributed by atoms with Gasteiger partial charge in [-0.1, -0.05) is 30.3 Å². The number of ether oxygens (including phenoxy) is 1. The van der Waals surface area contributed by atoms with Crippen LogP contribution in [0.15, 0.2) is 48.7 Å². The van der Waals surface area contributed by atoms with Crippen LogP contribution in [0.4, 0.5) is 5.82 Å². The normalized spacial score (nSPS) is 27.4. The highest BCUT2D eigenvalue weighted by Gasteiger charge is 2.55. The zero-order valence-electron chi connectivity index (χ0n) is 19.9. The minimum Gasteiger partial charge on any atom is -0.378 e. The Balaban J connectivity index is 1.39. The first-order valence-corrected chi connectivity index (χ1v) is 12.1. The molecule has 3 aliphatic heterocycles. The predicted molar refractivity (Wildman–Crippen MR) is 130 cm³/mol. The lowest BCUT2D eigenvalue weighted by Gasteiger charge is -2.45. The lowest BCUT2D eigenvalue weighted by Crippen LogP contribution is -2.64. The van der Waals surface area contributed by atoms with Gasteiger partial charge in [-0.15, -0.1) is 0 Å². The van der Waals surface area contributed by atoms with E-state index in [1.54, 1.807) is 19.2 Å². The maximum absolute atomic E-state index is 13.6. The third-order valence-electron chi connectivity index (χ3n) is 7.46. The third kappa shape index (κ3) is 4.28. The number of aromatic nitrogens is 1. The molecule has 2 amide bonds. The first kappa shape index (κ1) is 22.8. The topological polar surface area (TPSA) is 78.0 Å². The van der Waals surface area contributed by atoms with Crippen LogP contribution >= 0.6 is 0 Å². The van der Waals surface area contributed by atoms with Gasteiger partial charge in [-0.25, -0.2) is 4.98 Å². The van der Waals surface area contributed by atoms with E-state index in [1.807, 2.05) is 17.0 Å². The highest BCUT2D eigenvalue weighted by Crippen LogP contribution is 2.47. The number of hydrogen-bond acceptors (Lipinski definition) is 6. The maximum atomic E-state index is 13.6. The lowest BCUT2D eigenvalue weighted by atomic mass is 9.75. The summed E-state index contributed by atoms with van der Waals surface area (Å²) in [5.74, 6) is 0.977. The molecular formula is C26H33N5O3. The van der Waals surface area contributed by atoms with E-state index in [0.29, 0.717) is 38.4 Å². The fourth-order valence-corrected chi connectivity index (χ4v) is 6.12. The number of nitrogens with one attached hydrogen (secondary N) is 1. The molecule has 0 bridgehead atoms. The summed E-state index contributed by atoms with van der Waals surface area (Å²) in [5.41, 5.74) is 1.42. The van der Waals surface area contributed by atoms with Gasteiger partial charge in [-0.05, 0) is 31.2 Å². The zero-order chi connectivity index (χ0) is 23.7. The van der Waals surface area contributed by atoms with Crippen LogP contribution in [0.5, 0.6) is 0 Å². The number of morpholine rings is 1. The highest BCUT2D eigenvalue weighted by molar-refractivity contribution is 5.95. The van der Waals surface area contributed by atoms with E-state index in [1.165, 1.54) is 5.56 Å². The summed E-state index contributed by atoms with van der Waals surface area (Å²) in [4.78, 5) is 36.8. The number of rotatable bonds is 4. The molecule has 0 radical (unpaired) electrons. The van der Waals surface area contributed by atoms with E-state index in [4.69, 9.17) is 4.74 Å². The van der Waals surface area contributed by atoms with E-state index < -0.39 is 5.54 Å². The minimum absolute atomic E-state index is 0.00843. The van der Waals surface area contributed by atoms with Gasteiger partial charge >= 0.3 is 0 Å². The zero-order valence-corrected chi connectivity index (χ0v) is 19.9. The molecule has 0 aliphatic carbocycles. The highest BCUT2D eigenvalue weighted by atomic mass is 16.5. The number of hydrogen-bond donors (Lipinski definition) is 1. The van der Waals surface area contributed by atoms with Crippen LogP contribution in [-0.2, 0) is 9.53 Å². The number of carbonyl (C=O) groups is 2. The van der Waals surface area contributed by atoms with E-state index in [2.05, 4.69) is 51.4 Å². The number of carbonyl (C=O) groups excluding carboxylic acids is 2. The van der Waals surface area contributed by atoms with Crippen molar-refractivity contribution in [3.05, 3.63) is 59.8 Å². The lowest BCUT2D eigenvalue weighted by molar-refractivity contribution is -0.122. The minimum atomic E-state index is -0.477. The Morgan fingerprint density at radius 2 is 1.85 bits per heavy atom. The SMILES string of the molecule is CC(=O)N[C@@]12CN(C(=O)c3ccnc(N4CCOCC4)c3)CC[C@@H]1[C@@H](c1ccccc1)N(C)C2. The Bertz CT molecular complexity index is 1040. The fourth-order valence-electron chi connectivity index (χ4n) is 6.12. The molecule has 0 spiro atoms. The van der Waals surface area contributed by atoms with Crippen LogP contribution in [0.2, 0.25) is 0 Å². The van der Waals surface area contributed by atoms with Gasteiger partial charge in [-0.3, -0.25) is 14.5 Å². The predicted octanol–water partition coefficient (Wildman–Crippen LogP) is 1.94. The monoisotopic (exact) mass is 463 g/mol. The molecule has 8 nitrogen and oxygen atoms in total. The summed E-state index contributed by atoms with van der Waals surface area (Å²) in [6.45, 7) is 6.32. The van der Waals surface area contributed by atoms with Crippen molar-refractivity contribution in [1.29, 1.82) is 0 Å². The number of anilines is 1. The number of likely N-dealkylation sites (N-methyl/N-ethyl adjacent to an activating group) is 1. The molecule has 3 aliphatic rings. The number of likely N-dealkylation sites (tertiary alicyclic amines) is 2. The fraction of sp³-hybridized carbons (Fsp3) is 0.500. The Hall–Kier alpha value is -2.97. The third-order valence-corrected chi connectivity index (χ3v) is 7.46. The van der Waals surface area contributed by atoms with Gasteiger partial charge in [0.1, 0.15) is 5.82 Å². The van der Waals surface area contributed by atoms with Crippen molar-refractivity contribution in [3.8, 4) is 0 Å². The molecule has 3 fully saturated rings. The van der Waals surface area contributed by atoms with Gasteiger partial charge in [0.15, 0.2) is 0 Å². The molecule has 0 saturated carbocycles. The van der Waals surface area contributed by atoms with Crippen LogP contribution in [0.25, 0.3) is 0 Å². The van der Waals surface area contributed by atoms with Crippen molar-refractivity contribution in [2.24, 2.45) is 5.92 Å². The molecule has 5 rings (SSSR count). The van der Waals surface area contributed by atoms with Gasteiger partial charge in [0, 0.05) is 63.4 Å². The van der Waals surface area contributed by atoms with Crippen LogP contribution < -0.4 is 10.2 Å². The second kappa shape index (κ2) is 9.35. The van der Waals surface area contributed by atoms with Gasteiger partial charge in [0.2, 0.25) is 5.91 Å². The Kier molecular flexibility index (Phi) is 6.27. The number of piperidine rings is 1. The smallest absolute Gasteiger partial charge is 0.254 e. The first-order valence-electron chi connectivity index (χ1n) is 12.1. The summed E-state index contributed by atoms with van der Waals surface area (Å²) in [5, 5.41) is 3.28. The molecule has 2 aromatic rings. The average molecular weight is 464 g/mol. The Morgan fingerprint density at radius 1 is 1.09 bits per heavy atom. The van der Waals surface area contributed by atoms with Gasteiger partial charge in [0.25, 0.3) is 5.91 Å². The van der Waals surface area contributed by atoms with Crippen molar-refractivity contribution in [2.75, 3.05) is 57.9 Å².